The maximum atomic E-state index is 13.2. The minimum Gasteiger partial charge on any atom is -0.349 e. The first kappa shape index (κ1) is 24.5. The highest BCUT2D eigenvalue weighted by molar-refractivity contribution is 6.30. The van der Waals surface area contributed by atoms with Crippen molar-refractivity contribution < 1.29 is 14.4 Å². The van der Waals surface area contributed by atoms with Crippen molar-refractivity contribution in [2.45, 2.75) is 44.2 Å². The normalized spacial score (nSPS) is 14.2. The van der Waals surface area contributed by atoms with Crippen LogP contribution in [-0.4, -0.2) is 29.8 Å². The van der Waals surface area contributed by atoms with Gasteiger partial charge in [-0.1, -0.05) is 54.8 Å². The molecule has 0 heterocycles. The van der Waals surface area contributed by atoms with Crippen LogP contribution >= 0.6 is 11.6 Å². The molecule has 0 radical (unpaired) electrons. The third-order valence-corrected chi connectivity index (χ3v) is 6.37. The van der Waals surface area contributed by atoms with Gasteiger partial charge in [-0.05, 0) is 66.9 Å². The molecule has 1 atom stereocenters. The average molecular weight is 490 g/mol. The van der Waals surface area contributed by atoms with Gasteiger partial charge in [0, 0.05) is 34.3 Å². The molecule has 35 heavy (non-hydrogen) atoms. The summed E-state index contributed by atoms with van der Waals surface area (Å²) in [7, 11) is 0. The Morgan fingerprint density at radius 2 is 1.40 bits per heavy atom. The second-order valence-corrected chi connectivity index (χ2v) is 9.18. The van der Waals surface area contributed by atoms with Crippen LogP contribution in [0.2, 0.25) is 5.02 Å². The highest BCUT2D eigenvalue weighted by atomic mass is 35.5. The van der Waals surface area contributed by atoms with Crippen molar-refractivity contribution in [3.63, 3.8) is 0 Å². The van der Waals surface area contributed by atoms with E-state index in [4.69, 9.17) is 11.6 Å². The Bertz CT molecular complexity index is 1160. The molecule has 0 bridgehead atoms. The molecule has 3 amide bonds. The first-order valence-electron chi connectivity index (χ1n) is 11.8. The van der Waals surface area contributed by atoms with Gasteiger partial charge in [0.05, 0.1) is 0 Å². The first-order chi connectivity index (χ1) is 17.0. The Morgan fingerprint density at radius 1 is 0.800 bits per heavy atom. The number of benzene rings is 3. The lowest BCUT2D eigenvalue weighted by atomic mass is 10.0. The molecule has 0 spiro atoms. The SMILES string of the molecule is O=C(NC1CCCC1)c1ccc(NC(=O)C(Cc2ccccc2)NC(=O)c2ccc(Cl)cc2)cc1. The molecular weight excluding hydrogens is 462 g/mol. The van der Waals surface area contributed by atoms with Crippen molar-refractivity contribution in [1.82, 2.24) is 10.6 Å². The fraction of sp³-hybridized carbons (Fsp3) is 0.250. The number of halogens is 1. The summed E-state index contributed by atoms with van der Waals surface area (Å²) >= 11 is 5.92. The fourth-order valence-corrected chi connectivity index (χ4v) is 4.30. The van der Waals surface area contributed by atoms with Crippen LogP contribution in [0.25, 0.3) is 0 Å². The Balaban J connectivity index is 1.43. The number of hydrogen-bond acceptors (Lipinski definition) is 3. The van der Waals surface area contributed by atoms with E-state index in [0.717, 1.165) is 31.2 Å². The smallest absolute Gasteiger partial charge is 0.251 e. The first-order valence-corrected chi connectivity index (χ1v) is 12.2. The summed E-state index contributed by atoms with van der Waals surface area (Å²) in [6.45, 7) is 0. The minimum atomic E-state index is -0.800. The summed E-state index contributed by atoms with van der Waals surface area (Å²) in [5, 5.41) is 9.28. The van der Waals surface area contributed by atoms with Gasteiger partial charge in [-0.2, -0.15) is 0 Å². The number of carbonyl (C=O) groups is 3. The van der Waals surface area contributed by atoms with Gasteiger partial charge in [0.15, 0.2) is 0 Å². The van der Waals surface area contributed by atoms with Crippen LogP contribution in [0.1, 0.15) is 52.0 Å². The van der Waals surface area contributed by atoms with Crippen molar-refractivity contribution in [2.24, 2.45) is 0 Å². The molecule has 3 aromatic rings. The van der Waals surface area contributed by atoms with Crippen LogP contribution < -0.4 is 16.0 Å². The monoisotopic (exact) mass is 489 g/mol. The summed E-state index contributed by atoms with van der Waals surface area (Å²) in [6, 6.07) is 22.2. The molecule has 1 aliphatic rings. The van der Waals surface area contributed by atoms with Crippen molar-refractivity contribution in [3.8, 4) is 0 Å². The number of nitrogens with one attached hydrogen (secondary N) is 3. The molecule has 6 nitrogen and oxygen atoms in total. The zero-order chi connectivity index (χ0) is 24.6. The lowest BCUT2D eigenvalue weighted by molar-refractivity contribution is -0.118. The molecule has 1 saturated carbocycles. The van der Waals surface area contributed by atoms with Gasteiger partial charge in [-0.25, -0.2) is 0 Å². The number of hydrogen-bond donors (Lipinski definition) is 3. The Kier molecular flexibility index (Phi) is 8.16. The van der Waals surface area contributed by atoms with E-state index < -0.39 is 6.04 Å². The second kappa shape index (κ2) is 11.7. The fourth-order valence-electron chi connectivity index (χ4n) is 4.18. The zero-order valence-corrected chi connectivity index (χ0v) is 20.1. The zero-order valence-electron chi connectivity index (χ0n) is 19.3. The number of anilines is 1. The van der Waals surface area contributed by atoms with Gasteiger partial charge < -0.3 is 16.0 Å². The number of rotatable bonds is 8. The lowest BCUT2D eigenvalue weighted by Crippen LogP contribution is -2.45. The van der Waals surface area contributed by atoms with E-state index in [-0.39, 0.29) is 23.8 Å². The molecule has 7 heteroatoms. The molecule has 3 aromatic carbocycles. The van der Waals surface area contributed by atoms with E-state index >= 15 is 0 Å². The van der Waals surface area contributed by atoms with Gasteiger partial charge in [0.2, 0.25) is 5.91 Å². The van der Waals surface area contributed by atoms with Crippen molar-refractivity contribution >= 4 is 35.0 Å². The lowest BCUT2D eigenvalue weighted by Gasteiger charge is -2.19. The van der Waals surface area contributed by atoms with E-state index in [9.17, 15) is 14.4 Å². The van der Waals surface area contributed by atoms with Crippen LogP contribution in [-0.2, 0) is 11.2 Å². The largest absolute Gasteiger partial charge is 0.349 e. The quantitative estimate of drug-likeness (QED) is 0.416. The Labute approximate surface area is 210 Å². The molecular formula is C28H28ClN3O3. The molecule has 0 aromatic heterocycles. The molecule has 1 aliphatic carbocycles. The van der Waals surface area contributed by atoms with Crippen molar-refractivity contribution in [2.75, 3.05) is 5.32 Å². The highest BCUT2D eigenvalue weighted by Gasteiger charge is 2.23. The van der Waals surface area contributed by atoms with E-state index in [1.807, 2.05) is 30.3 Å². The molecule has 1 unspecified atom stereocenters. The molecule has 0 aliphatic heterocycles. The molecule has 3 N–H and O–H groups in total. The number of amides is 3. The van der Waals surface area contributed by atoms with Gasteiger partial charge in [0.1, 0.15) is 6.04 Å². The molecule has 4 rings (SSSR count). The van der Waals surface area contributed by atoms with Crippen molar-refractivity contribution in [1.29, 1.82) is 0 Å². The summed E-state index contributed by atoms with van der Waals surface area (Å²) in [5.41, 5.74) is 2.43. The van der Waals surface area contributed by atoms with E-state index in [1.54, 1.807) is 48.5 Å². The second-order valence-electron chi connectivity index (χ2n) is 8.74. The highest BCUT2D eigenvalue weighted by Crippen LogP contribution is 2.19. The summed E-state index contributed by atoms with van der Waals surface area (Å²) in [4.78, 5) is 38.4. The van der Waals surface area contributed by atoms with Gasteiger partial charge in [-0.3, -0.25) is 14.4 Å². The van der Waals surface area contributed by atoms with Crippen LogP contribution in [0, 0.1) is 0 Å². The average Bonchev–Trinajstić information content (AvgIpc) is 3.38. The maximum Gasteiger partial charge on any atom is 0.251 e. The predicted molar refractivity (Wildman–Crippen MR) is 138 cm³/mol. The molecule has 0 saturated heterocycles. The van der Waals surface area contributed by atoms with E-state index in [0.29, 0.717) is 28.3 Å². The van der Waals surface area contributed by atoms with Crippen molar-refractivity contribution in [3.05, 3.63) is 101 Å². The predicted octanol–water partition coefficient (Wildman–Crippen LogP) is 4.99. The van der Waals surface area contributed by atoms with Crippen LogP contribution in [0.4, 0.5) is 5.69 Å². The Morgan fingerprint density at radius 3 is 2.06 bits per heavy atom. The Hall–Kier alpha value is -3.64. The molecule has 1 fully saturated rings. The van der Waals surface area contributed by atoms with Gasteiger partial charge in [0.25, 0.3) is 11.8 Å². The third-order valence-electron chi connectivity index (χ3n) is 6.12. The number of carbonyl (C=O) groups excluding carboxylic acids is 3. The summed E-state index contributed by atoms with van der Waals surface area (Å²) in [5.74, 6) is -0.817. The summed E-state index contributed by atoms with van der Waals surface area (Å²) in [6.07, 6.45) is 4.66. The molecule has 180 valence electrons. The van der Waals surface area contributed by atoms with E-state index in [2.05, 4.69) is 16.0 Å². The standard InChI is InChI=1S/C28H28ClN3O3/c29-22-14-10-20(11-15-22)27(34)32-25(18-19-6-2-1-3-7-19)28(35)31-24-16-12-21(13-17-24)26(33)30-23-8-4-5-9-23/h1-3,6-7,10-17,23,25H,4-5,8-9,18H2,(H,30,33)(H,31,35)(H,32,34). The van der Waals surface area contributed by atoms with Crippen LogP contribution in [0.5, 0.6) is 0 Å². The maximum absolute atomic E-state index is 13.2. The van der Waals surface area contributed by atoms with Crippen LogP contribution in [0.3, 0.4) is 0 Å². The van der Waals surface area contributed by atoms with Crippen LogP contribution in [0.15, 0.2) is 78.9 Å². The van der Waals surface area contributed by atoms with Gasteiger partial charge in [-0.15, -0.1) is 0 Å². The van der Waals surface area contributed by atoms with E-state index in [1.165, 1.54) is 0 Å². The van der Waals surface area contributed by atoms with Gasteiger partial charge >= 0.3 is 0 Å². The minimum absolute atomic E-state index is 0.105. The summed E-state index contributed by atoms with van der Waals surface area (Å²) < 4.78 is 0. The third kappa shape index (κ3) is 6.93. The topological polar surface area (TPSA) is 87.3 Å².